The van der Waals surface area contributed by atoms with E-state index in [4.69, 9.17) is 4.74 Å². The molecule has 1 heterocycles. The summed E-state index contributed by atoms with van der Waals surface area (Å²) < 4.78 is 5.45. The number of aliphatic hydroxyl groups is 1. The fourth-order valence-electron chi connectivity index (χ4n) is 3.44. The van der Waals surface area contributed by atoms with Crippen LogP contribution >= 0.6 is 0 Å². The minimum absolute atomic E-state index is 0.0224. The number of carbonyl (C=O) groups is 2. The summed E-state index contributed by atoms with van der Waals surface area (Å²) in [7, 11) is 3.75. The first-order valence-corrected chi connectivity index (χ1v) is 9.89. The summed E-state index contributed by atoms with van der Waals surface area (Å²) in [5.74, 6) is -0.977. The zero-order valence-electron chi connectivity index (χ0n) is 17.6. The highest BCUT2D eigenvalue weighted by molar-refractivity contribution is 6.46. The van der Waals surface area contributed by atoms with Gasteiger partial charge in [-0.15, -0.1) is 0 Å². The Hall–Kier alpha value is -3.58. The number of phenolic OH excluding ortho intramolecular Hbond substituents is 1. The van der Waals surface area contributed by atoms with Gasteiger partial charge in [-0.3, -0.25) is 9.59 Å². The second kappa shape index (κ2) is 9.49. The quantitative estimate of drug-likeness (QED) is 0.294. The molecule has 1 saturated heterocycles. The standard InChI is InChI=1S/C24H26N2O5/c1-4-15-31-19-11-7-17(8-12-19)22(28)20-21(16-5-9-18(27)10-6-16)26(14-13-25(2)3)24(30)23(20)29/h4-12,21,27-28H,1,13-15H2,2-3H3/t21-/m1/s1. The Bertz CT molecular complexity index is 994. The van der Waals surface area contributed by atoms with E-state index in [0.717, 1.165) is 0 Å². The van der Waals surface area contributed by atoms with Gasteiger partial charge in [0.1, 0.15) is 23.9 Å². The molecule has 0 saturated carbocycles. The van der Waals surface area contributed by atoms with Crippen LogP contribution in [0.3, 0.4) is 0 Å². The molecule has 0 aromatic heterocycles. The number of aliphatic hydroxyl groups excluding tert-OH is 1. The average Bonchev–Trinajstić information content (AvgIpc) is 3.01. The summed E-state index contributed by atoms with van der Waals surface area (Å²) in [6.45, 7) is 4.82. The first-order chi connectivity index (χ1) is 14.8. The van der Waals surface area contributed by atoms with Crippen molar-refractivity contribution in [1.29, 1.82) is 0 Å². The molecule has 2 aromatic rings. The molecule has 2 aromatic carbocycles. The van der Waals surface area contributed by atoms with Gasteiger partial charge in [0.2, 0.25) is 0 Å². The number of phenols is 1. The van der Waals surface area contributed by atoms with Crippen molar-refractivity contribution in [2.75, 3.05) is 33.8 Å². The number of Topliss-reactive ketones (excluding diaryl/α,β-unsaturated/α-hetero) is 1. The van der Waals surface area contributed by atoms with Crippen molar-refractivity contribution >= 4 is 17.4 Å². The lowest BCUT2D eigenvalue weighted by molar-refractivity contribution is -0.140. The SMILES string of the molecule is C=CCOc1ccc(C(O)=C2C(=O)C(=O)N(CCN(C)C)[C@@H]2c2ccc(O)cc2)cc1. The Kier molecular flexibility index (Phi) is 6.77. The predicted octanol–water partition coefficient (Wildman–Crippen LogP) is 2.94. The second-order valence-electron chi connectivity index (χ2n) is 7.51. The Labute approximate surface area is 181 Å². The van der Waals surface area contributed by atoms with E-state index in [9.17, 15) is 19.8 Å². The van der Waals surface area contributed by atoms with Gasteiger partial charge in [-0.1, -0.05) is 24.8 Å². The summed E-state index contributed by atoms with van der Waals surface area (Å²) in [6, 6.07) is 12.1. The molecule has 1 aliphatic rings. The Morgan fingerprint density at radius 2 is 1.77 bits per heavy atom. The summed E-state index contributed by atoms with van der Waals surface area (Å²) in [5.41, 5.74) is 1.05. The second-order valence-corrected chi connectivity index (χ2v) is 7.51. The van der Waals surface area contributed by atoms with Gasteiger partial charge in [0, 0.05) is 18.7 Å². The van der Waals surface area contributed by atoms with Crippen LogP contribution in [-0.2, 0) is 9.59 Å². The van der Waals surface area contributed by atoms with E-state index in [2.05, 4.69) is 6.58 Å². The van der Waals surface area contributed by atoms with Crippen LogP contribution in [0.5, 0.6) is 11.5 Å². The first-order valence-electron chi connectivity index (χ1n) is 9.89. The molecule has 0 unspecified atom stereocenters. The third-order valence-electron chi connectivity index (χ3n) is 5.03. The minimum Gasteiger partial charge on any atom is -0.508 e. The number of likely N-dealkylation sites (tertiary alicyclic amines) is 1. The number of nitrogens with zero attached hydrogens (tertiary/aromatic N) is 2. The number of amides is 1. The van der Waals surface area contributed by atoms with Crippen LogP contribution < -0.4 is 4.74 Å². The van der Waals surface area contributed by atoms with Crippen LogP contribution in [0.15, 0.2) is 66.8 Å². The van der Waals surface area contributed by atoms with Crippen molar-refractivity contribution in [2.24, 2.45) is 0 Å². The topological polar surface area (TPSA) is 90.3 Å². The van der Waals surface area contributed by atoms with Gasteiger partial charge in [0.05, 0.1) is 11.6 Å². The third-order valence-corrected chi connectivity index (χ3v) is 5.03. The van der Waals surface area contributed by atoms with Crippen molar-refractivity contribution in [3.63, 3.8) is 0 Å². The van der Waals surface area contributed by atoms with Crippen LogP contribution in [0.1, 0.15) is 17.2 Å². The van der Waals surface area contributed by atoms with Crippen LogP contribution in [0.4, 0.5) is 0 Å². The fraction of sp³-hybridized carbons (Fsp3) is 0.250. The van der Waals surface area contributed by atoms with Crippen LogP contribution in [0.25, 0.3) is 5.76 Å². The molecule has 2 N–H and O–H groups in total. The van der Waals surface area contributed by atoms with Crippen molar-refractivity contribution < 1.29 is 24.5 Å². The molecule has 7 nitrogen and oxygen atoms in total. The van der Waals surface area contributed by atoms with E-state index in [1.54, 1.807) is 42.5 Å². The smallest absolute Gasteiger partial charge is 0.295 e. The number of rotatable bonds is 8. The van der Waals surface area contributed by atoms with Crippen LogP contribution in [-0.4, -0.2) is 65.5 Å². The average molecular weight is 422 g/mol. The number of ketones is 1. The molecule has 31 heavy (non-hydrogen) atoms. The Balaban J connectivity index is 2.05. The monoisotopic (exact) mass is 422 g/mol. The molecule has 7 heteroatoms. The first kappa shape index (κ1) is 22.1. The molecule has 1 aliphatic heterocycles. The molecule has 1 amide bonds. The number of hydrogen-bond acceptors (Lipinski definition) is 6. The highest BCUT2D eigenvalue weighted by atomic mass is 16.5. The maximum atomic E-state index is 12.9. The summed E-state index contributed by atoms with van der Waals surface area (Å²) in [4.78, 5) is 29.1. The van der Waals surface area contributed by atoms with Crippen molar-refractivity contribution in [2.45, 2.75) is 6.04 Å². The van der Waals surface area contributed by atoms with Crippen molar-refractivity contribution in [1.82, 2.24) is 9.80 Å². The molecule has 0 bridgehead atoms. The lowest BCUT2D eigenvalue weighted by Crippen LogP contribution is -2.35. The highest BCUT2D eigenvalue weighted by Gasteiger charge is 2.45. The molecule has 162 valence electrons. The fourth-order valence-corrected chi connectivity index (χ4v) is 3.44. The van der Waals surface area contributed by atoms with Gasteiger partial charge in [0.25, 0.3) is 11.7 Å². The van der Waals surface area contributed by atoms with E-state index < -0.39 is 17.7 Å². The molecular weight excluding hydrogens is 396 g/mol. The largest absolute Gasteiger partial charge is 0.508 e. The van der Waals surface area contributed by atoms with Gasteiger partial charge in [-0.25, -0.2) is 0 Å². The van der Waals surface area contributed by atoms with E-state index in [0.29, 0.717) is 36.6 Å². The molecule has 0 radical (unpaired) electrons. The van der Waals surface area contributed by atoms with Crippen molar-refractivity contribution in [3.8, 4) is 11.5 Å². The van der Waals surface area contributed by atoms with Crippen LogP contribution in [0, 0.1) is 0 Å². The zero-order chi connectivity index (χ0) is 22.5. The number of carbonyl (C=O) groups excluding carboxylic acids is 2. The lowest BCUT2D eigenvalue weighted by atomic mass is 9.95. The Morgan fingerprint density at radius 1 is 1.13 bits per heavy atom. The van der Waals surface area contributed by atoms with E-state index in [1.165, 1.54) is 17.0 Å². The van der Waals surface area contributed by atoms with Crippen LogP contribution in [0.2, 0.25) is 0 Å². The number of hydrogen-bond donors (Lipinski definition) is 2. The molecule has 0 aliphatic carbocycles. The van der Waals surface area contributed by atoms with Gasteiger partial charge in [-0.05, 0) is 56.1 Å². The lowest BCUT2D eigenvalue weighted by Gasteiger charge is -2.26. The summed E-state index contributed by atoms with van der Waals surface area (Å²) >= 11 is 0. The van der Waals surface area contributed by atoms with Crippen molar-refractivity contribution in [3.05, 3.63) is 77.9 Å². The third kappa shape index (κ3) is 4.78. The van der Waals surface area contributed by atoms with E-state index in [1.807, 2.05) is 19.0 Å². The molecule has 1 atom stereocenters. The van der Waals surface area contributed by atoms with Gasteiger partial charge in [0.15, 0.2) is 0 Å². The summed E-state index contributed by atoms with van der Waals surface area (Å²) in [6.07, 6.45) is 1.63. The van der Waals surface area contributed by atoms with Gasteiger partial charge in [-0.2, -0.15) is 0 Å². The molecular formula is C24H26N2O5. The predicted molar refractivity (Wildman–Crippen MR) is 118 cm³/mol. The maximum absolute atomic E-state index is 12.9. The van der Waals surface area contributed by atoms with Gasteiger partial charge >= 0.3 is 0 Å². The molecule has 0 spiro atoms. The number of likely N-dealkylation sites (N-methyl/N-ethyl adjacent to an activating group) is 1. The summed E-state index contributed by atoms with van der Waals surface area (Å²) in [5, 5.41) is 20.7. The number of aromatic hydroxyl groups is 1. The number of benzene rings is 2. The minimum atomic E-state index is -0.753. The Morgan fingerprint density at radius 3 is 2.35 bits per heavy atom. The molecule has 3 rings (SSSR count). The highest BCUT2D eigenvalue weighted by Crippen LogP contribution is 2.39. The number of ether oxygens (including phenoxy) is 1. The maximum Gasteiger partial charge on any atom is 0.295 e. The van der Waals surface area contributed by atoms with Gasteiger partial charge < -0.3 is 24.7 Å². The van der Waals surface area contributed by atoms with E-state index in [-0.39, 0.29) is 17.1 Å². The van der Waals surface area contributed by atoms with E-state index >= 15 is 0 Å². The zero-order valence-corrected chi connectivity index (χ0v) is 17.6. The normalized spacial score (nSPS) is 17.9. The molecule has 1 fully saturated rings.